The topological polar surface area (TPSA) is 61.9 Å². The lowest BCUT2D eigenvalue weighted by molar-refractivity contribution is 0.0763. The summed E-state index contributed by atoms with van der Waals surface area (Å²) in [6, 6.07) is 3.79. The molecule has 0 saturated heterocycles. The van der Waals surface area contributed by atoms with Gasteiger partial charge in [-0.05, 0) is 26.3 Å². The first-order chi connectivity index (χ1) is 8.13. The third kappa shape index (κ3) is 3.06. The van der Waals surface area contributed by atoms with Gasteiger partial charge in [-0.25, -0.2) is 0 Å². The molecule has 0 aromatic carbocycles. The number of nitriles is 1. The van der Waals surface area contributed by atoms with Crippen molar-refractivity contribution in [3.8, 4) is 6.07 Å². The van der Waals surface area contributed by atoms with Gasteiger partial charge in [-0.15, -0.1) is 0 Å². The fraction of sp³-hybridized carbons (Fsp3) is 0.583. The molecule has 0 saturated carbocycles. The van der Waals surface area contributed by atoms with Crippen LogP contribution < -0.4 is 0 Å². The van der Waals surface area contributed by atoms with Gasteiger partial charge in [0.1, 0.15) is 12.2 Å². The molecule has 92 valence electrons. The average molecular weight is 234 g/mol. The summed E-state index contributed by atoms with van der Waals surface area (Å²) >= 11 is 0. The molecule has 0 atom stereocenters. The molecule has 1 aromatic rings. The number of rotatable bonds is 5. The number of carbonyl (C=O) groups is 1. The van der Waals surface area contributed by atoms with Crippen LogP contribution in [0.15, 0.2) is 6.07 Å². The molecule has 1 amide bonds. The molecule has 0 aliphatic rings. The Labute approximate surface area is 102 Å². The molecule has 5 heteroatoms. The van der Waals surface area contributed by atoms with E-state index >= 15 is 0 Å². The molecule has 0 bridgehead atoms. The van der Waals surface area contributed by atoms with Crippen LogP contribution in [-0.2, 0) is 6.54 Å². The Morgan fingerprint density at radius 3 is 2.82 bits per heavy atom. The van der Waals surface area contributed by atoms with E-state index in [1.165, 1.54) is 0 Å². The molecule has 0 spiro atoms. The van der Waals surface area contributed by atoms with Crippen molar-refractivity contribution >= 4 is 5.91 Å². The highest BCUT2D eigenvalue weighted by Gasteiger charge is 2.19. The van der Waals surface area contributed by atoms with Gasteiger partial charge in [-0.3, -0.25) is 9.48 Å². The summed E-state index contributed by atoms with van der Waals surface area (Å²) in [5.74, 6) is -0.115. The van der Waals surface area contributed by atoms with Crippen molar-refractivity contribution in [2.75, 3.05) is 13.1 Å². The summed E-state index contributed by atoms with van der Waals surface area (Å²) < 4.78 is 1.68. The van der Waals surface area contributed by atoms with Crippen molar-refractivity contribution in [2.45, 2.75) is 33.7 Å². The fourth-order valence-corrected chi connectivity index (χ4v) is 1.73. The Hall–Kier alpha value is -1.83. The molecule has 17 heavy (non-hydrogen) atoms. The van der Waals surface area contributed by atoms with Gasteiger partial charge in [0.2, 0.25) is 0 Å². The summed E-state index contributed by atoms with van der Waals surface area (Å²) in [5, 5.41) is 13.0. The molecule has 0 N–H and O–H groups in total. The highest BCUT2D eigenvalue weighted by molar-refractivity contribution is 5.92. The lowest BCUT2D eigenvalue weighted by atomic mass is 10.3. The normalized spacial score (nSPS) is 10.0. The predicted octanol–water partition coefficient (Wildman–Crippen LogP) is 1.59. The third-order valence-electron chi connectivity index (χ3n) is 2.46. The minimum Gasteiger partial charge on any atom is -0.324 e. The monoisotopic (exact) mass is 234 g/mol. The van der Waals surface area contributed by atoms with E-state index in [0.717, 1.165) is 12.1 Å². The van der Waals surface area contributed by atoms with Crippen molar-refractivity contribution in [3.05, 3.63) is 17.5 Å². The maximum Gasteiger partial charge on any atom is 0.272 e. The van der Waals surface area contributed by atoms with E-state index in [2.05, 4.69) is 5.10 Å². The second-order valence-electron chi connectivity index (χ2n) is 3.87. The van der Waals surface area contributed by atoms with Crippen molar-refractivity contribution in [3.63, 3.8) is 0 Å². The summed E-state index contributed by atoms with van der Waals surface area (Å²) in [6.07, 6.45) is 0.840. The van der Waals surface area contributed by atoms with Crippen molar-refractivity contribution in [2.24, 2.45) is 0 Å². The molecule has 0 fully saturated rings. The molecule has 0 aliphatic heterocycles. The van der Waals surface area contributed by atoms with E-state index in [4.69, 9.17) is 5.26 Å². The predicted molar refractivity (Wildman–Crippen MR) is 64.4 cm³/mol. The van der Waals surface area contributed by atoms with Crippen LogP contribution in [0.1, 0.15) is 36.5 Å². The van der Waals surface area contributed by atoms with Gasteiger partial charge in [0.25, 0.3) is 5.91 Å². The van der Waals surface area contributed by atoms with Crippen LogP contribution in [-0.4, -0.2) is 33.7 Å². The first-order valence-corrected chi connectivity index (χ1v) is 5.84. The highest BCUT2D eigenvalue weighted by Crippen LogP contribution is 2.08. The van der Waals surface area contributed by atoms with E-state index in [1.54, 1.807) is 15.6 Å². The van der Waals surface area contributed by atoms with Crippen LogP contribution in [0, 0.1) is 18.3 Å². The van der Waals surface area contributed by atoms with Gasteiger partial charge in [0, 0.05) is 13.1 Å². The molecule has 0 aliphatic carbocycles. The molecule has 1 heterocycles. The van der Waals surface area contributed by atoms with Crippen LogP contribution in [0.2, 0.25) is 0 Å². The second-order valence-corrected chi connectivity index (χ2v) is 3.87. The van der Waals surface area contributed by atoms with Crippen molar-refractivity contribution < 1.29 is 4.79 Å². The van der Waals surface area contributed by atoms with Crippen molar-refractivity contribution in [1.82, 2.24) is 14.7 Å². The quantitative estimate of drug-likeness (QED) is 0.727. The van der Waals surface area contributed by atoms with E-state index in [9.17, 15) is 4.79 Å². The number of amides is 1. The van der Waals surface area contributed by atoms with E-state index in [0.29, 0.717) is 18.8 Å². The maximum atomic E-state index is 12.2. The second kappa shape index (κ2) is 6.04. The van der Waals surface area contributed by atoms with Gasteiger partial charge in [0.05, 0.1) is 11.8 Å². The standard InChI is InChI=1S/C12H18N4O/c1-4-7-15(8-6-13)12(17)11-9-10(3)14-16(11)5-2/h9H,4-5,7-8H2,1-3H3. The SMILES string of the molecule is CCCN(CC#N)C(=O)c1cc(C)nn1CC. The van der Waals surface area contributed by atoms with Gasteiger partial charge in [-0.1, -0.05) is 6.92 Å². The first kappa shape index (κ1) is 13.2. The molecule has 0 radical (unpaired) electrons. The molecular weight excluding hydrogens is 216 g/mol. The zero-order valence-electron chi connectivity index (χ0n) is 10.6. The van der Waals surface area contributed by atoms with Gasteiger partial charge >= 0.3 is 0 Å². The van der Waals surface area contributed by atoms with Crippen LogP contribution in [0.25, 0.3) is 0 Å². The molecule has 5 nitrogen and oxygen atoms in total. The molecule has 0 unspecified atom stereocenters. The number of hydrogen-bond acceptors (Lipinski definition) is 3. The average Bonchev–Trinajstić information content (AvgIpc) is 2.69. The Morgan fingerprint density at radius 2 is 2.29 bits per heavy atom. The number of carbonyl (C=O) groups excluding carboxylic acids is 1. The summed E-state index contributed by atoms with van der Waals surface area (Å²) in [7, 11) is 0. The van der Waals surface area contributed by atoms with Gasteiger partial charge in [0.15, 0.2) is 0 Å². The molecule has 1 aromatic heterocycles. The van der Waals surface area contributed by atoms with E-state index in [1.807, 2.05) is 26.8 Å². The third-order valence-corrected chi connectivity index (χ3v) is 2.46. The Morgan fingerprint density at radius 1 is 1.59 bits per heavy atom. The Kier molecular flexibility index (Phi) is 4.70. The summed E-state index contributed by atoms with van der Waals surface area (Å²) in [4.78, 5) is 13.8. The number of nitrogens with zero attached hydrogens (tertiary/aromatic N) is 4. The lowest BCUT2D eigenvalue weighted by Gasteiger charge is -2.18. The minimum atomic E-state index is -0.115. The van der Waals surface area contributed by atoms with Crippen LogP contribution >= 0.6 is 0 Å². The van der Waals surface area contributed by atoms with E-state index < -0.39 is 0 Å². The van der Waals surface area contributed by atoms with E-state index in [-0.39, 0.29) is 12.5 Å². The fourth-order valence-electron chi connectivity index (χ4n) is 1.73. The van der Waals surface area contributed by atoms with Crippen LogP contribution in [0.3, 0.4) is 0 Å². The zero-order chi connectivity index (χ0) is 12.8. The molecular formula is C12H18N4O. The smallest absolute Gasteiger partial charge is 0.272 e. The Bertz CT molecular complexity index is 430. The van der Waals surface area contributed by atoms with Crippen molar-refractivity contribution in [1.29, 1.82) is 5.26 Å². The first-order valence-electron chi connectivity index (χ1n) is 5.84. The maximum absolute atomic E-state index is 12.2. The minimum absolute atomic E-state index is 0.115. The number of aromatic nitrogens is 2. The number of hydrogen-bond donors (Lipinski definition) is 0. The van der Waals surface area contributed by atoms with Gasteiger partial charge < -0.3 is 4.90 Å². The van der Waals surface area contributed by atoms with Gasteiger partial charge in [-0.2, -0.15) is 10.4 Å². The molecule has 1 rings (SSSR count). The number of aryl methyl sites for hydroxylation is 2. The Balaban J connectivity index is 2.96. The van der Waals surface area contributed by atoms with Crippen LogP contribution in [0.4, 0.5) is 0 Å². The summed E-state index contributed by atoms with van der Waals surface area (Å²) in [5.41, 5.74) is 1.39. The highest BCUT2D eigenvalue weighted by atomic mass is 16.2. The zero-order valence-corrected chi connectivity index (χ0v) is 10.6. The summed E-state index contributed by atoms with van der Waals surface area (Å²) in [6.45, 7) is 7.16. The largest absolute Gasteiger partial charge is 0.324 e. The van der Waals surface area contributed by atoms with Crippen LogP contribution in [0.5, 0.6) is 0 Å². The lowest BCUT2D eigenvalue weighted by Crippen LogP contribution is -2.33.